The summed E-state index contributed by atoms with van der Waals surface area (Å²) in [5.41, 5.74) is 3.83. The Hall–Kier alpha value is -2.73. The zero-order valence-electron chi connectivity index (χ0n) is 18.8. The molecule has 2 unspecified atom stereocenters. The predicted octanol–water partition coefficient (Wildman–Crippen LogP) is 3.81. The lowest BCUT2D eigenvalue weighted by molar-refractivity contribution is -0.0267. The largest absolute Gasteiger partial charge is 0.493 e. The Bertz CT molecular complexity index is 900. The van der Waals surface area contributed by atoms with Crippen LogP contribution in [0.3, 0.4) is 0 Å². The molecule has 31 heavy (non-hydrogen) atoms. The minimum atomic E-state index is 0.138. The maximum atomic E-state index is 6.16. The van der Waals surface area contributed by atoms with Crippen molar-refractivity contribution in [1.82, 2.24) is 10.2 Å². The molecule has 2 aromatic rings. The Labute approximate surface area is 185 Å². The summed E-state index contributed by atoms with van der Waals surface area (Å²) in [7, 11) is 5.22. The molecule has 0 aromatic heterocycles. The number of hydrogen-bond acceptors (Lipinski definition) is 4. The first-order chi connectivity index (χ1) is 15.2. The molecule has 2 aliphatic heterocycles. The molecule has 0 radical (unpaired) electrons. The van der Waals surface area contributed by atoms with Crippen LogP contribution in [0.15, 0.2) is 47.5 Å². The van der Waals surface area contributed by atoms with Crippen molar-refractivity contribution in [2.45, 2.75) is 31.9 Å². The first-order valence-corrected chi connectivity index (χ1v) is 11.1. The van der Waals surface area contributed by atoms with Crippen molar-refractivity contribution in [3.63, 3.8) is 0 Å². The highest BCUT2D eigenvalue weighted by molar-refractivity contribution is 5.80. The molecule has 6 heteroatoms. The molecule has 0 spiro atoms. The summed E-state index contributed by atoms with van der Waals surface area (Å²) in [5, 5.41) is 3.63. The van der Waals surface area contributed by atoms with Gasteiger partial charge in [-0.3, -0.25) is 4.99 Å². The average molecular weight is 424 g/mol. The molecule has 1 fully saturated rings. The monoisotopic (exact) mass is 423 g/mol. The summed E-state index contributed by atoms with van der Waals surface area (Å²) in [5.74, 6) is 2.93. The minimum Gasteiger partial charge on any atom is -0.493 e. The van der Waals surface area contributed by atoms with Crippen LogP contribution in [0.5, 0.6) is 11.5 Å². The highest BCUT2D eigenvalue weighted by Gasteiger charge is 2.28. The molecule has 2 aliphatic rings. The highest BCUT2D eigenvalue weighted by atomic mass is 16.5. The smallest absolute Gasteiger partial charge is 0.193 e. The quantitative estimate of drug-likeness (QED) is 0.586. The third-order valence-corrected chi connectivity index (χ3v) is 6.32. The number of guanidine groups is 1. The van der Waals surface area contributed by atoms with Gasteiger partial charge in [-0.25, -0.2) is 0 Å². The molecule has 1 saturated heterocycles. The average Bonchev–Trinajstić information content (AvgIpc) is 2.84. The van der Waals surface area contributed by atoms with Crippen molar-refractivity contribution in [3.05, 3.63) is 59.2 Å². The van der Waals surface area contributed by atoms with Crippen molar-refractivity contribution < 1.29 is 14.2 Å². The van der Waals surface area contributed by atoms with E-state index in [1.54, 1.807) is 14.2 Å². The molecule has 0 saturated carbocycles. The van der Waals surface area contributed by atoms with Crippen LogP contribution in [0, 0.1) is 5.92 Å². The van der Waals surface area contributed by atoms with E-state index in [4.69, 9.17) is 14.2 Å². The van der Waals surface area contributed by atoms with Crippen LogP contribution in [0.4, 0.5) is 0 Å². The fourth-order valence-electron chi connectivity index (χ4n) is 4.68. The Morgan fingerprint density at radius 3 is 2.58 bits per heavy atom. The molecule has 1 N–H and O–H groups in total. The summed E-state index contributed by atoms with van der Waals surface area (Å²) in [6.07, 6.45) is 3.35. The molecular weight excluding hydrogens is 390 g/mol. The maximum absolute atomic E-state index is 6.16. The molecule has 0 aliphatic carbocycles. The molecule has 0 bridgehead atoms. The number of methoxy groups -OCH3 is 2. The fourth-order valence-corrected chi connectivity index (χ4v) is 4.68. The molecule has 2 aromatic carbocycles. The molecule has 0 amide bonds. The summed E-state index contributed by atoms with van der Waals surface area (Å²) < 4.78 is 17.1. The number of ether oxygens (including phenoxy) is 3. The highest BCUT2D eigenvalue weighted by Crippen LogP contribution is 2.34. The van der Waals surface area contributed by atoms with Gasteiger partial charge < -0.3 is 24.4 Å². The third kappa shape index (κ3) is 4.79. The molecular formula is C25H33N3O3. The Kier molecular flexibility index (Phi) is 6.97. The Balaban J connectivity index is 1.43. The molecule has 2 atom stereocenters. The number of hydrogen-bond donors (Lipinski definition) is 1. The van der Waals surface area contributed by atoms with E-state index in [0.717, 1.165) is 63.0 Å². The number of fused-ring (bicyclic) bond motifs is 1. The van der Waals surface area contributed by atoms with Gasteiger partial charge in [-0.2, -0.15) is 0 Å². The minimum absolute atomic E-state index is 0.138. The van der Waals surface area contributed by atoms with Crippen LogP contribution in [0.2, 0.25) is 0 Å². The zero-order valence-corrected chi connectivity index (χ0v) is 18.8. The second-order valence-electron chi connectivity index (χ2n) is 8.18. The van der Waals surface area contributed by atoms with E-state index in [2.05, 4.69) is 57.7 Å². The Morgan fingerprint density at radius 2 is 1.87 bits per heavy atom. The van der Waals surface area contributed by atoms with Crippen molar-refractivity contribution >= 4 is 5.96 Å². The standard InChI is InChI=1S/C25H33N3O3/c1-26-25(27-16-20-10-7-13-31-24(20)18-8-5-4-6-9-18)28-12-11-19-14-22(29-2)23(30-3)15-21(19)17-28/h4-6,8-9,14-15,20,24H,7,10-13,16-17H2,1-3H3,(H,26,27). The maximum Gasteiger partial charge on any atom is 0.193 e. The van der Waals surface area contributed by atoms with Gasteiger partial charge in [-0.1, -0.05) is 30.3 Å². The predicted molar refractivity (Wildman–Crippen MR) is 123 cm³/mol. The molecule has 4 rings (SSSR count). The van der Waals surface area contributed by atoms with Crippen molar-refractivity contribution in [2.24, 2.45) is 10.9 Å². The normalized spacial score (nSPS) is 21.4. The van der Waals surface area contributed by atoms with Crippen molar-refractivity contribution in [3.8, 4) is 11.5 Å². The molecule has 2 heterocycles. The first-order valence-electron chi connectivity index (χ1n) is 11.1. The second kappa shape index (κ2) is 10.1. The first kappa shape index (κ1) is 21.5. The van der Waals surface area contributed by atoms with E-state index in [0.29, 0.717) is 5.92 Å². The lowest BCUT2D eigenvalue weighted by Gasteiger charge is -2.35. The van der Waals surface area contributed by atoms with Gasteiger partial charge in [0.15, 0.2) is 17.5 Å². The number of benzene rings is 2. The van der Waals surface area contributed by atoms with Crippen molar-refractivity contribution in [1.29, 1.82) is 0 Å². The van der Waals surface area contributed by atoms with Crippen molar-refractivity contribution in [2.75, 3.05) is 41.0 Å². The summed E-state index contributed by atoms with van der Waals surface area (Å²) in [6.45, 7) is 3.41. The van der Waals surface area contributed by atoms with E-state index in [-0.39, 0.29) is 6.10 Å². The number of nitrogens with one attached hydrogen (secondary N) is 1. The van der Waals surface area contributed by atoms with Gasteiger partial charge in [0, 0.05) is 39.2 Å². The van der Waals surface area contributed by atoms with E-state index in [1.807, 2.05) is 7.05 Å². The van der Waals surface area contributed by atoms with Gasteiger partial charge in [-0.05, 0) is 48.1 Å². The van der Waals surface area contributed by atoms with Crippen LogP contribution in [-0.4, -0.2) is 51.8 Å². The van der Waals surface area contributed by atoms with E-state index in [9.17, 15) is 0 Å². The lowest BCUT2D eigenvalue weighted by Crippen LogP contribution is -2.46. The van der Waals surface area contributed by atoms with Gasteiger partial charge in [-0.15, -0.1) is 0 Å². The molecule has 166 valence electrons. The fraction of sp³-hybridized carbons (Fsp3) is 0.480. The van der Waals surface area contributed by atoms with E-state index < -0.39 is 0 Å². The summed E-state index contributed by atoms with van der Waals surface area (Å²) in [4.78, 5) is 6.89. The summed E-state index contributed by atoms with van der Waals surface area (Å²) >= 11 is 0. The van der Waals surface area contributed by atoms with Gasteiger partial charge in [0.1, 0.15) is 0 Å². The molecule has 6 nitrogen and oxygen atoms in total. The van der Waals surface area contributed by atoms with Gasteiger partial charge in [0.05, 0.1) is 20.3 Å². The second-order valence-corrected chi connectivity index (χ2v) is 8.18. The van der Waals surface area contributed by atoms with Gasteiger partial charge in [0.25, 0.3) is 0 Å². The van der Waals surface area contributed by atoms with Crippen LogP contribution >= 0.6 is 0 Å². The zero-order chi connectivity index (χ0) is 21.6. The number of rotatable bonds is 5. The van der Waals surface area contributed by atoms with Crippen LogP contribution < -0.4 is 14.8 Å². The topological polar surface area (TPSA) is 55.3 Å². The van der Waals surface area contributed by atoms with Gasteiger partial charge >= 0.3 is 0 Å². The SMILES string of the molecule is CN=C(NCC1CCCOC1c1ccccc1)N1CCc2cc(OC)c(OC)cc2C1. The number of nitrogens with zero attached hydrogens (tertiary/aromatic N) is 2. The Morgan fingerprint density at radius 1 is 1.13 bits per heavy atom. The van der Waals surface area contributed by atoms with Crippen LogP contribution in [0.1, 0.15) is 35.6 Å². The third-order valence-electron chi connectivity index (χ3n) is 6.32. The lowest BCUT2D eigenvalue weighted by atomic mass is 9.89. The van der Waals surface area contributed by atoms with Gasteiger partial charge in [0.2, 0.25) is 0 Å². The van der Waals surface area contributed by atoms with E-state index >= 15 is 0 Å². The van der Waals surface area contributed by atoms with Crippen LogP contribution in [-0.2, 0) is 17.7 Å². The number of aliphatic imine (C=N–C) groups is 1. The van der Waals surface area contributed by atoms with Crippen LogP contribution in [0.25, 0.3) is 0 Å². The summed E-state index contributed by atoms with van der Waals surface area (Å²) in [6, 6.07) is 14.8. The van der Waals surface area contributed by atoms with E-state index in [1.165, 1.54) is 16.7 Å².